The zero-order valence-electron chi connectivity index (χ0n) is 16.1. The minimum atomic E-state index is -0.900. The average Bonchev–Trinajstić information content (AvgIpc) is 3.26. The van der Waals surface area contributed by atoms with Gasteiger partial charge in [0.2, 0.25) is 5.01 Å². The number of piperidine rings is 1. The summed E-state index contributed by atoms with van der Waals surface area (Å²) in [5, 5.41) is 11.3. The largest absolute Gasteiger partial charge is 0.338 e. The summed E-state index contributed by atoms with van der Waals surface area (Å²) in [7, 11) is 0. The van der Waals surface area contributed by atoms with Gasteiger partial charge in [-0.3, -0.25) is 9.59 Å². The number of amides is 2. The predicted octanol–water partition coefficient (Wildman–Crippen LogP) is 4.23. The summed E-state index contributed by atoms with van der Waals surface area (Å²) in [6.07, 6.45) is 1.33. The van der Waals surface area contributed by atoms with Crippen molar-refractivity contribution in [1.82, 2.24) is 15.1 Å². The molecule has 1 unspecified atom stereocenters. The quantitative estimate of drug-likeness (QED) is 0.651. The lowest BCUT2D eigenvalue weighted by atomic mass is 9.98. The molecule has 1 aliphatic rings. The third kappa shape index (κ3) is 4.58. The van der Waals surface area contributed by atoms with Gasteiger partial charge in [-0.2, -0.15) is 0 Å². The molecular formula is C21H17F3N4O2S. The van der Waals surface area contributed by atoms with Gasteiger partial charge in [0.1, 0.15) is 28.0 Å². The molecule has 3 aromatic rings. The number of aromatic nitrogens is 2. The number of hydrogen-bond acceptors (Lipinski definition) is 5. The van der Waals surface area contributed by atoms with E-state index in [0.29, 0.717) is 30.1 Å². The van der Waals surface area contributed by atoms with E-state index in [2.05, 4.69) is 15.5 Å². The van der Waals surface area contributed by atoms with Crippen molar-refractivity contribution in [3.63, 3.8) is 0 Å². The standard InChI is InChI=1S/C21H17F3N4O2S/c22-13-6-8-14(9-7-13)25-18(29)20-27-26-19(31-20)12-3-2-10-28(11-12)21(30)17-15(23)4-1-5-16(17)24/h1,4-9,12H,2-3,10-11H2,(H,25,29). The van der Waals surface area contributed by atoms with Crippen LogP contribution >= 0.6 is 11.3 Å². The molecule has 4 rings (SSSR count). The van der Waals surface area contributed by atoms with E-state index in [9.17, 15) is 22.8 Å². The Morgan fingerprint density at radius 2 is 1.74 bits per heavy atom. The zero-order chi connectivity index (χ0) is 22.0. The lowest BCUT2D eigenvalue weighted by molar-refractivity contribution is 0.0696. The van der Waals surface area contributed by atoms with Crippen LogP contribution in [0.3, 0.4) is 0 Å². The zero-order valence-corrected chi connectivity index (χ0v) is 17.0. The Balaban J connectivity index is 1.45. The van der Waals surface area contributed by atoms with Crippen molar-refractivity contribution in [2.75, 3.05) is 18.4 Å². The molecule has 1 atom stereocenters. The number of nitrogens with zero attached hydrogens (tertiary/aromatic N) is 3. The van der Waals surface area contributed by atoms with E-state index >= 15 is 0 Å². The first-order chi connectivity index (χ1) is 14.9. The summed E-state index contributed by atoms with van der Waals surface area (Å²) in [5.74, 6) is -3.60. The Kier molecular flexibility index (Phi) is 5.99. The van der Waals surface area contributed by atoms with Gasteiger partial charge in [-0.1, -0.05) is 17.4 Å². The van der Waals surface area contributed by atoms with E-state index in [-0.39, 0.29) is 17.5 Å². The molecular weight excluding hydrogens is 429 g/mol. The number of hydrogen-bond donors (Lipinski definition) is 1. The first kappa shape index (κ1) is 21.0. The topological polar surface area (TPSA) is 75.2 Å². The average molecular weight is 446 g/mol. The van der Waals surface area contributed by atoms with Gasteiger partial charge in [0.25, 0.3) is 11.8 Å². The molecule has 6 nitrogen and oxygen atoms in total. The number of anilines is 1. The van der Waals surface area contributed by atoms with Gasteiger partial charge in [0, 0.05) is 24.7 Å². The lowest BCUT2D eigenvalue weighted by Crippen LogP contribution is -2.39. The van der Waals surface area contributed by atoms with Crippen molar-refractivity contribution in [3.8, 4) is 0 Å². The van der Waals surface area contributed by atoms with Crippen LogP contribution in [0.5, 0.6) is 0 Å². The van der Waals surface area contributed by atoms with Crippen LogP contribution in [0.25, 0.3) is 0 Å². The van der Waals surface area contributed by atoms with E-state index in [0.717, 1.165) is 23.5 Å². The van der Waals surface area contributed by atoms with Gasteiger partial charge < -0.3 is 10.2 Å². The highest BCUT2D eigenvalue weighted by molar-refractivity contribution is 7.13. The molecule has 0 bridgehead atoms. The van der Waals surface area contributed by atoms with Gasteiger partial charge in [0.15, 0.2) is 0 Å². The second-order valence-electron chi connectivity index (χ2n) is 7.09. The molecule has 1 N–H and O–H groups in total. The van der Waals surface area contributed by atoms with Gasteiger partial charge in [-0.25, -0.2) is 13.2 Å². The molecule has 0 saturated carbocycles. The fourth-order valence-corrected chi connectivity index (χ4v) is 4.30. The highest BCUT2D eigenvalue weighted by Gasteiger charge is 2.31. The number of likely N-dealkylation sites (tertiary alicyclic amines) is 1. The van der Waals surface area contributed by atoms with E-state index in [1.807, 2.05) is 0 Å². The smallest absolute Gasteiger partial charge is 0.286 e. The highest BCUT2D eigenvalue weighted by atomic mass is 32.1. The van der Waals surface area contributed by atoms with Gasteiger partial charge in [-0.05, 0) is 49.2 Å². The minimum Gasteiger partial charge on any atom is -0.338 e. The third-order valence-electron chi connectivity index (χ3n) is 4.97. The second kappa shape index (κ2) is 8.84. The van der Waals surface area contributed by atoms with Crippen LogP contribution in [0, 0.1) is 17.5 Å². The molecule has 1 aliphatic heterocycles. The van der Waals surface area contributed by atoms with Crippen molar-refractivity contribution < 1.29 is 22.8 Å². The monoisotopic (exact) mass is 446 g/mol. The molecule has 2 aromatic carbocycles. The van der Waals surface area contributed by atoms with Gasteiger partial charge in [0.05, 0.1) is 0 Å². The molecule has 1 saturated heterocycles. The Morgan fingerprint density at radius 1 is 1.03 bits per heavy atom. The Hall–Kier alpha value is -3.27. The summed E-state index contributed by atoms with van der Waals surface area (Å²) in [6.45, 7) is 0.598. The van der Waals surface area contributed by atoms with Crippen LogP contribution < -0.4 is 5.32 Å². The van der Waals surface area contributed by atoms with Crippen molar-refractivity contribution >= 4 is 28.8 Å². The van der Waals surface area contributed by atoms with Crippen LogP contribution in [-0.4, -0.2) is 40.0 Å². The van der Waals surface area contributed by atoms with Crippen LogP contribution in [0.4, 0.5) is 18.9 Å². The number of carbonyl (C=O) groups is 2. The Bertz CT molecular complexity index is 1100. The number of nitrogens with one attached hydrogen (secondary N) is 1. The maximum atomic E-state index is 14.0. The van der Waals surface area contributed by atoms with E-state index in [1.54, 1.807) is 0 Å². The summed E-state index contributed by atoms with van der Waals surface area (Å²) in [4.78, 5) is 26.5. The molecule has 2 amide bonds. The maximum absolute atomic E-state index is 14.0. The number of carbonyl (C=O) groups excluding carboxylic acids is 2. The van der Waals surface area contributed by atoms with Crippen molar-refractivity contribution in [2.45, 2.75) is 18.8 Å². The number of rotatable bonds is 4. The van der Waals surface area contributed by atoms with Crippen LogP contribution in [0.15, 0.2) is 42.5 Å². The third-order valence-corrected chi connectivity index (χ3v) is 6.06. The van der Waals surface area contributed by atoms with E-state index in [4.69, 9.17) is 0 Å². The predicted molar refractivity (Wildman–Crippen MR) is 108 cm³/mol. The fraction of sp³-hybridized carbons (Fsp3) is 0.238. The maximum Gasteiger partial charge on any atom is 0.286 e. The lowest BCUT2D eigenvalue weighted by Gasteiger charge is -2.31. The SMILES string of the molecule is O=C(Nc1ccc(F)cc1)c1nnc(C2CCCN(C(=O)c3c(F)cccc3F)C2)s1. The van der Waals surface area contributed by atoms with Crippen molar-refractivity contribution in [2.24, 2.45) is 0 Å². The molecule has 10 heteroatoms. The molecule has 1 fully saturated rings. The first-order valence-electron chi connectivity index (χ1n) is 9.56. The molecule has 0 spiro atoms. The molecule has 31 heavy (non-hydrogen) atoms. The first-order valence-corrected chi connectivity index (χ1v) is 10.4. The fourth-order valence-electron chi connectivity index (χ4n) is 3.43. The van der Waals surface area contributed by atoms with Crippen molar-refractivity contribution in [3.05, 3.63) is 75.5 Å². The Labute approximate surface area is 179 Å². The molecule has 0 radical (unpaired) electrons. The van der Waals surface area contributed by atoms with Gasteiger partial charge >= 0.3 is 0 Å². The summed E-state index contributed by atoms with van der Waals surface area (Å²) in [5.41, 5.74) is -0.149. The molecule has 160 valence electrons. The van der Waals surface area contributed by atoms with E-state index < -0.39 is 34.8 Å². The van der Waals surface area contributed by atoms with Crippen LogP contribution in [-0.2, 0) is 0 Å². The van der Waals surface area contributed by atoms with E-state index in [1.165, 1.54) is 35.2 Å². The van der Waals surface area contributed by atoms with Crippen LogP contribution in [0.1, 0.15) is 43.9 Å². The second-order valence-corrected chi connectivity index (χ2v) is 8.10. The summed E-state index contributed by atoms with van der Waals surface area (Å²) < 4.78 is 41.0. The molecule has 0 aliphatic carbocycles. The molecule has 1 aromatic heterocycles. The number of benzene rings is 2. The normalized spacial score (nSPS) is 16.2. The van der Waals surface area contributed by atoms with Gasteiger partial charge in [-0.15, -0.1) is 10.2 Å². The van der Waals surface area contributed by atoms with Crippen molar-refractivity contribution in [1.29, 1.82) is 0 Å². The highest BCUT2D eigenvalue weighted by Crippen LogP contribution is 2.30. The van der Waals surface area contributed by atoms with Crippen LogP contribution in [0.2, 0.25) is 0 Å². The Morgan fingerprint density at radius 3 is 2.45 bits per heavy atom. The minimum absolute atomic E-state index is 0.128. The molecule has 2 heterocycles. The number of halogens is 3. The summed E-state index contributed by atoms with van der Waals surface area (Å²) >= 11 is 1.09. The summed E-state index contributed by atoms with van der Waals surface area (Å²) in [6, 6.07) is 8.63.